The lowest BCUT2D eigenvalue weighted by Crippen LogP contribution is -2.21. The molecular weight excluding hydrogens is 124 g/mol. The van der Waals surface area contributed by atoms with Crippen LogP contribution in [0.5, 0.6) is 0 Å². The van der Waals surface area contributed by atoms with E-state index in [4.69, 9.17) is 0 Å². The second-order valence-electron chi connectivity index (χ2n) is 0.589. The largest absolute Gasteiger partial charge is 0.412 e. The van der Waals surface area contributed by atoms with Gasteiger partial charge in [0, 0.05) is 0 Å². The minimum Gasteiger partial charge on any atom is -0.412 e. The summed E-state index contributed by atoms with van der Waals surface area (Å²) >= 11 is 0. The first kappa shape index (κ1) is 15.8. The zero-order valence-electron chi connectivity index (χ0n) is 3.38. The average molecular weight is 132 g/mol. The maximum Gasteiger partial charge on any atom is 0.271 e. The summed E-state index contributed by atoms with van der Waals surface area (Å²) in [4.78, 5) is 0. The van der Waals surface area contributed by atoms with Crippen molar-refractivity contribution in [2.45, 2.75) is 0 Å². The smallest absolute Gasteiger partial charge is 0.271 e. The molecule has 0 fully saturated rings. The molecule has 0 spiro atoms. The Balaban J connectivity index is -0.0000000800. The van der Waals surface area contributed by atoms with E-state index >= 15 is 0 Å². The van der Waals surface area contributed by atoms with Gasteiger partial charge in [-0.15, -0.1) is 0 Å². The van der Waals surface area contributed by atoms with Crippen LogP contribution in [0.4, 0.5) is 0 Å². The van der Waals surface area contributed by atoms with E-state index in [9.17, 15) is 8.42 Å². The molecule has 0 saturated carbocycles. The van der Waals surface area contributed by atoms with Crippen LogP contribution in [0.15, 0.2) is 0 Å². The van der Waals surface area contributed by atoms with E-state index in [-0.39, 0.29) is 11.0 Å². The highest BCUT2D eigenvalue weighted by atomic mass is 32.2. The molecular formula is H8N2O4S. The van der Waals surface area contributed by atoms with Gasteiger partial charge in [0.1, 0.15) is 0 Å². The number of nitrogens with two attached hydrogens (primary N) is 2. The van der Waals surface area contributed by atoms with E-state index in [1.54, 1.807) is 0 Å². The first-order chi connectivity index (χ1) is 2.00. The molecule has 0 unspecified atom stereocenters. The average Bonchev–Trinajstić information content (AvgIpc) is 0.722. The van der Waals surface area contributed by atoms with Crippen LogP contribution in [0.2, 0.25) is 0 Å². The van der Waals surface area contributed by atoms with Crippen LogP contribution in [-0.2, 0) is 10.2 Å². The summed E-state index contributed by atoms with van der Waals surface area (Å²) in [6.07, 6.45) is 0. The maximum atomic E-state index is 9.19. The maximum absolute atomic E-state index is 9.19. The summed E-state index contributed by atoms with van der Waals surface area (Å²) in [6, 6.07) is 0. The van der Waals surface area contributed by atoms with Crippen molar-refractivity contribution in [1.82, 2.24) is 0 Å². The number of hydrogen-bond acceptors (Lipinski definition) is 2. The molecule has 0 atom stereocenters. The topological polar surface area (TPSA) is 149 Å². The highest BCUT2D eigenvalue weighted by molar-refractivity contribution is 7.86. The van der Waals surface area contributed by atoms with Gasteiger partial charge in [0.25, 0.3) is 10.2 Å². The highest BCUT2D eigenvalue weighted by Gasteiger charge is 1.78. The van der Waals surface area contributed by atoms with Crippen LogP contribution in [-0.4, -0.2) is 19.4 Å². The predicted molar refractivity (Wildman–Crippen MR) is 24.5 cm³/mol. The van der Waals surface area contributed by atoms with Gasteiger partial charge in [0.05, 0.1) is 0 Å². The molecule has 48 valence electrons. The molecule has 0 saturated heterocycles. The lowest BCUT2D eigenvalue weighted by Gasteiger charge is -1.72. The standard InChI is InChI=1S/H4N2O2S.2H2O/c1-5(2,3)4;;/h(H4,1,2,3,4);2*1H2. The fourth-order valence-electron chi connectivity index (χ4n) is 0. The third kappa shape index (κ3) is 1890. The van der Waals surface area contributed by atoms with Gasteiger partial charge < -0.3 is 11.0 Å². The molecule has 0 aromatic carbocycles. The Morgan fingerprint density at radius 2 is 1.00 bits per heavy atom. The number of rotatable bonds is 0. The molecule has 0 heterocycles. The van der Waals surface area contributed by atoms with Crippen molar-refractivity contribution in [2.75, 3.05) is 0 Å². The molecule has 0 amide bonds. The number of hydrogen-bond donors (Lipinski definition) is 2. The monoisotopic (exact) mass is 132 g/mol. The second-order valence-corrected chi connectivity index (χ2v) is 1.77. The van der Waals surface area contributed by atoms with Gasteiger partial charge in [0.15, 0.2) is 0 Å². The molecule has 0 radical (unpaired) electrons. The third-order valence-corrected chi connectivity index (χ3v) is 0. The first-order valence-corrected chi connectivity index (χ1v) is 2.41. The quantitative estimate of drug-likeness (QED) is 0.351. The van der Waals surface area contributed by atoms with Crippen molar-refractivity contribution in [1.29, 1.82) is 0 Å². The Morgan fingerprint density at radius 1 is 1.00 bits per heavy atom. The van der Waals surface area contributed by atoms with Gasteiger partial charge in [-0.05, 0) is 0 Å². The molecule has 0 aliphatic carbocycles. The first-order valence-electron chi connectivity index (χ1n) is 0.805. The Labute approximate surface area is 40.9 Å². The van der Waals surface area contributed by atoms with Crippen molar-refractivity contribution in [3.63, 3.8) is 0 Å². The Morgan fingerprint density at radius 3 is 1.00 bits per heavy atom. The van der Waals surface area contributed by atoms with Gasteiger partial charge >= 0.3 is 0 Å². The summed E-state index contributed by atoms with van der Waals surface area (Å²) in [7, 11) is -3.67. The van der Waals surface area contributed by atoms with Crippen LogP contribution in [0.3, 0.4) is 0 Å². The molecule has 7 heavy (non-hydrogen) atoms. The molecule has 0 aromatic rings. The van der Waals surface area contributed by atoms with Crippen LogP contribution in [0, 0.1) is 0 Å². The molecule has 0 aromatic heterocycles. The Hall–Kier alpha value is -0.210. The Bertz CT molecular complexity index is 92.9. The summed E-state index contributed by atoms with van der Waals surface area (Å²) in [5, 5.41) is 8.21. The SMILES string of the molecule is NS(N)(=O)=O.O.O. The zero-order chi connectivity index (χ0) is 4.50. The summed E-state index contributed by atoms with van der Waals surface area (Å²) in [5.41, 5.74) is 0. The van der Waals surface area contributed by atoms with Crippen LogP contribution >= 0.6 is 0 Å². The van der Waals surface area contributed by atoms with E-state index < -0.39 is 10.2 Å². The Kier molecular flexibility index (Phi) is 8.97. The van der Waals surface area contributed by atoms with Crippen LogP contribution in [0.25, 0.3) is 0 Å². The second kappa shape index (κ2) is 3.96. The lowest BCUT2D eigenvalue weighted by atomic mass is 13.9. The van der Waals surface area contributed by atoms with Crippen molar-refractivity contribution < 1.29 is 19.4 Å². The molecule has 0 rings (SSSR count). The van der Waals surface area contributed by atoms with Crippen LogP contribution < -0.4 is 10.3 Å². The molecule has 8 N–H and O–H groups in total. The van der Waals surface area contributed by atoms with E-state index in [0.29, 0.717) is 0 Å². The van der Waals surface area contributed by atoms with Gasteiger partial charge in [0.2, 0.25) is 0 Å². The van der Waals surface area contributed by atoms with Crippen LogP contribution in [0.1, 0.15) is 0 Å². The molecule has 0 aliphatic rings. The summed E-state index contributed by atoms with van der Waals surface area (Å²) in [6.45, 7) is 0. The summed E-state index contributed by atoms with van der Waals surface area (Å²) < 4.78 is 18.4. The van der Waals surface area contributed by atoms with E-state index in [1.165, 1.54) is 0 Å². The minimum absolute atomic E-state index is 0. The normalized spacial score (nSPS) is 8.29. The minimum atomic E-state index is -3.67. The van der Waals surface area contributed by atoms with E-state index in [2.05, 4.69) is 10.3 Å². The summed E-state index contributed by atoms with van der Waals surface area (Å²) in [5.74, 6) is 0. The van der Waals surface area contributed by atoms with Gasteiger partial charge in [-0.1, -0.05) is 0 Å². The highest BCUT2D eigenvalue weighted by Crippen LogP contribution is 1.40. The van der Waals surface area contributed by atoms with Crippen molar-refractivity contribution >= 4 is 10.2 Å². The molecule has 7 heteroatoms. The molecule has 0 aliphatic heterocycles. The molecule has 0 bridgehead atoms. The van der Waals surface area contributed by atoms with Crippen molar-refractivity contribution in [3.8, 4) is 0 Å². The lowest BCUT2D eigenvalue weighted by molar-refractivity contribution is 0.599. The van der Waals surface area contributed by atoms with E-state index in [0.717, 1.165) is 0 Å². The van der Waals surface area contributed by atoms with E-state index in [1.807, 2.05) is 0 Å². The molecule has 6 nitrogen and oxygen atoms in total. The zero-order valence-corrected chi connectivity index (χ0v) is 4.20. The van der Waals surface area contributed by atoms with Gasteiger partial charge in [-0.3, -0.25) is 0 Å². The predicted octanol–water partition coefficient (Wildman–Crippen LogP) is -3.50. The fraction of sp³-hybridized carbons (Fsp3) is 0. The van der Waals surface area contributed by atoms with Gasteiger partial charge in [-0.2, -0.15) is 8.42 Å². The third-order valence-electron chi connectivity index (χ3n) is 0. The fourth-order valence-corrected chi connectivity index (χ4v) is 0. The van der Waals surface area contributed by atoms with Gasteiger partial charge in [-0.25, -0.2) is 10.3 Å². The van der Waals surface area contributed by atoms with Crippen molar-refractivity contribution in [3.05, 3.63) is 0 Å². The van der Waals surface area contributed by atoms with Crippen molar-refractivity contribution in [2.24, 2.45) is 10.3 Å².